The maximum Gasteiger partial charge on any atom is 0.122 e. The molecule has 3 heteroatoms. The molecule has 2 nitrogen and oxygen atoms in total. The summed E-state index contributed by atoms with van der Waals surface area (Å²) in [4.78, 5) is 0. The van der Waals surface area contributed by atoms with E-state index in [1.165, 1.54) is 0 Å². The molecule has 0 heterocycles. The van der Waals surface area contributed by atoms with Gasteiger partial charge in [0, 0.05) is 10.0 Å². The van der Waals surface area contributed by atoms with Crippen LogP contribution in [-0.2, 0) is 6.42 Å². The predicted molar refractivity (Wildman–Crippen MR) is 69.8 cm³/mol. The van der Waals surface area contributed by atoms with Crippen molar-refractivity contribution in [2.45, 2.75) is 45.1 Å². The molecule has 0 unspecified atom stereocenters. The van der Waals surface area contributed by atoms with Gasteiger partial charge in [-0.3, -0.25) is 0 Å². The second kappa shape index (κ2) is 4.04. The van der Waals surface area contributed by atoms with E-state index in [1.54, 1.807) is 0 Å². The van der Waals surface area contributed by atoms with Crippen LogP contribution in [0.5, 0.6) is 5.75 Å². The molecule has 88 valence electrons. The number of aryl methyl sites for hydroxylation is 1. The molecule has 0 aliphatic heterocycles. The Hall–Kier alpha value is -0.540. The van der Waals surface area contributed by atoms with Crippen molar-refractivity contribution < 1.29 is 5.11 Å². The average Bonchev–Trinajstić information content (AvgIpc) is 2.94. The lowest BCUT2D eigenvalue weighted by Crippen LogP contribution is -2.22. The average molecular weight is 284 g/mol. The van der Waals surface area contributed by atoms with Crippen LogP contribution in [0.25, 0.3) is 0 Å². The highest BCUT2D eigenvalue weighted by Gasteiger charge is 2.37. The van der Waals surface area contributed by atoms with E-state index in [0.29, 0.717) is 5.75 Å². The van der Waals surface area contributed by atoms with E-state index >= 15 is 0 Å². The van der Waals surface area contributed by atoms with Crippen LogP contribution in [0.4, 0.5) is 0 Å². The van der Waals surface area contributed by atoms with Crippen LogP contribution in [0.2, 0.25) is 0 Å². The lowest BCUT2D eigenvalue weighted by atomic mass is 9.97. The minimum Gasteiger partial charge on any atom is -0.507 e. The van der Waals surface area contributed by atoms with Crippen LogP contribution >= 0.6 is 15.9 Å². The second-order valence-electron chi connectivity index (χ2n) is 4.99. The van der Waals surface area contributed by atoms with Crippen LogP contribution in [-0.4, -0.2) is 10.6 Å². The molecule has 0 spiro atoms. The first-order valence-corrected chi connectivity index (χ1v) is 6.49. The minimum atomic E-state index is 0.0507. The maximum atomic E-state index is 10.1. The van der Waals surface area contributed by atoms with Crippen molar-refractivity contribution in [1.82, 2.24) is 0 Å². The Kier molecular flexibility index (Phi) is 3.01. The lowest BCUT2D eigenvalue weighted by molar-refractivity contribution is 0.459. The normalized spacial score (nSPS) is 17.5. The first-order chi connectivity index (χ1) is 7.43. The zero-order chi connectivity index (χ0) is 11.9. The monoisotopic (exact) mass is 283 g/mol. The van der Waals surface area contributed by atoms with Crippen LogP contribution in [0, 0.1) is 13.8 Å². The van der Waals surface area contributed by atoms with E-state index in [-0.39, 0.29) is 5.54 Å². The Bertz CT molecular complexity index is 398. The first kappa shape index (κ1) is 11.9. The van der Waals surface area contributed by atoms with Gasteiger partial charge in [-0.2, -0.15) is 0 Å². The van der Waals surface area contributed by atoms with E-state index in [2.05, 4.69) is 15.9 Å². The van der Waals surface area contributed by atoms with Crippen molar-refractivity contribution in [2.24, 2.45) is 5.73 Å². The molecule has 1 aliphatic carbocycles. The summed E-state index contributed by atoms with van der Waals surface area (Å²) in [5.74, 6) is 0.435. The Balaban J connectivity index is 2.24. The van der Waals surface area contributed by atoms with E-state index in [0.717, 1.165) is 46.8 Å². The molecule has 1 fully saturated rings. The summed E-state index contributed by atoms with van der Waals surface area (Å²) in [6.45, 7) is 3.97. The number of halogens is 1. The molecular weight excluding hydrogens is 266 g/mol. The van der Waals surface area contributed by atoms with Crippen molar-refractivity contribution >= 4 is 15.9 Å². The number of nitrogens with two attached hydrogens (primary N) is 1. The molecule has 0 radical (unpaired) electrons. The van der Waals surface area contributed by atoms with Gasteiger partial charge in [0.1, 0.15) is 5.75 Å². The van der Waals surface area contributed by atoms with Crippen LogP contribution < -0.4 is 5.73 Å². The van der Waals surface area contributed by atoms with Crippen molar-refractivity contribution in [3.05, 3.63) is 27.2 Å². The Morgan fingerprint density at radius 3 is 2.62 bits per heavy atom. The van der Waals surface area contributed by atoms with Gasteiger partial charge >= 0.3 is 0 Å². The molecule has 1 aromatic carbocycles. The molecule has 3 N–H and O–H groups in total. The van der Waals surface area contributed by atoms with Gasteiger partial charge in [0.05, 0.1) is 0 Å². The fraction of sp³-hybridized carbons (Fsp3) is 0.538. The van der Waals surface area contributed by atoms with Gasteiger partial charge in [-0.05, 0) is 62.3 Å². The SMILES string of the molecule is Cc1cc(Br)c(C)c(CCC2(N)CC2)c1O. The van der Waals surface area contributed by atoms with Gasteiger partial charge < -0.3 is 10.8 Å². The molecule has 0 aromatic heterocycles. The summed E-state index contributed by atoms with van der Waals surface area (Å²) >= 11 is 3.52. The summed E-state index contributed by atoms with van der Waals surface area (Å²) in [5.41, 5.74) is 9.23. The summed E-state index contributed by atoms with van der Waals surface area (Å²) in [5, 5.41) is 10.1. The summed E-state index contributed by atoms with van der Waals surface area (Å²) < 4.78 is 1.07. The van der Waals surface area contributed by atoms with Crippen LogP contribution in [0.15, 0.2) is 10.5 Å². The summed E-state index contributed by atoms with van der Waals surface area (Å²) in [6, 6.07) is 1.96. The highest BCUT2D eigenvalue weighted by molar-refractivity contribution is 9.10. The third-order valence-electron chi connectivity index (χ3n) is 3.58. The molecule has 1 aromatic rings. The van der Waals surface area contributed by atoms with E-state index in [4.69, 9.17) is 5.73 Å². The number of phenols is 1. The molecule has 0 saturated heterocycles. The van der Waals surface area contributed by atoms with Crippen molar-refractivity contribution in [2.75, 3.05) is 0 Å². The van der Waals surface area contributed by atoms with Gasteiger partial charge in [-0.1, -0.05) is 15.9 Å². The third kappa shape index (κ3) is 2.25. The predicted octanol–water partition coefficient (Wildman–Crippen LogP) is 3.20. The lowest BCUT2D eigenvalue weighted by Gasteiger charge is -2.15. The van der Waals surface area contributed by atoms with Gasteiger partial charge in [-0.15, -0.1) is 0 Å². The molecule has 0 amide bonds. The third-order valence-corrected chi connectivity index (χ3v) is 4.40. The summed E-state index contributed by atoms with van der Waals surface area (Å²) in [6.07, 6.45) is 4.09. The maximum absolute atomic E-state index is 10.1. The number of hydrogen-bond donors (Lipinski definition) is 2. The van der Waals surface area contributed by atoms with Crippen molar-refractivity contribution in [3.63, 3.8) is 0 Å². The van der Waals surface area contributed by atoms with Gasteiger partial charge in [-0.25, -0.2) is 0 Å². The van der Waals surface area contributed by atoms with Crippen LogP contribution in [0.1, 0.15) is 36.0 Å². The van der Waals surface area contributed by atoms with Gasteiger partial charge in [0.25, 0.3) is 0 Å². The van der Waals surface area contributed by atoms with Crippen molar-refractivity contribution in [3.8, 4) is 5.75 Å². The van der Waals surface area contributed by atoms with E-state index in [9.17, 15) is 5.11 Å². The Morgan fingerprint density at radius 1 is 1.44 bits per heavy atom. The van der Waals surface area contributed by atoms with Crippen molar-refractivity contribution in [1.29, 1.82) is 0 Å². The highest BCUT2D eigenvalue weighted by atomic mass is 79.9. The quantitative estimate of drug-likeness (QED) is 0.895. The standard InChI is InChI=1S/C13H18BrNO/c1-8-7-11(14)9(2)10(12(8)16)3-4-13(15)5-6-13/h7,16H,3-6,15H2,1-2H3. The van der Waals surface area contributed by atoms with E-state index < -0.39 is 0 Å². The molecule has 2 rings (SSSR count). The summed E-state index contributed by atoms with van der Waals surface area (Å²) in [7, 11) is 0. The number of phenolic OH excluding ortho intramolecular Hbond substituents is 1. The molecule has 1 saturated carbocycles. The molecule has 0 bridgehead atoms. The topological polar surface area (TPSA) is 46.2 Å². The fourth-order valence-electron chi connectivity index (χ4n) is 2.02. The molecule has 16 heavy (non-hydrogen) atoms. The molecule has 1 aliphatic rings. The smallest absolute Gasteiger partial charge is 0.122 e. The highest BCUT2D eigenvalue weighted by Crippen LogP contribution is 2.39. The Labute approximate surface area is 105 Å². The van der Waals surface area contributed by atoms with Gasteiger partial charge in [0.2, 0.25) is 0 Å². The van der Waals surface area contributed by atoms with E-state index in [1.807, 2.05) is 19.9 Å². The zero-order valence-electron chi connectivity index (χ0n) is 9.81. The fourth-order valence-corrected chi connectivity index (χ4v) is 2.60. The molecular formula is C13H18BrNO. The number of benzene rings is 1. The van der Waals surface area contributed by atoms with Crippen LogP contribution in [0.3, 0.4) is 0 Å². The molecule has 0 atom stereocenters. The largest absolute Gasteiger partial charge is 0.507 e. The Morgan fingerprint density at radius 2 is 2.06 bits per heavy atom. The zero-order valence-corrected chi connectivity index (χ0v) is 11.4. The first-order valence-electron chi connectivity index (χ1n) is 5.69. The number of aromatic hydroxyl groups is 1. The second-order valence-corrected chi connectivity index (χ2v) is 5.84. The van der Waals surface area contributed by atoms with Gasteiger partial charge in [0.15, 0.2) is 0 Å². The minimum absolute atomic E-state index is 0.0507. The number of hydrogen-bond acceptors (Lipinski definition) is 2. The number of rotatable bonds is 3.